The molecular weight excluding hydrogens is 378 g/mol. The lowest BCUT2D eigenvalue weighted by Gasteiger charge is -2.32. The molecule has 3 atom stereocenters. The molecule has 0 bridgehead atoms. The molecule has 1 aliphatic rings. The van der Waals surface area contributed by atoms with Crippen molar-refractivity contribution in [3.8, 4) is 0 Å². The van der Waals surface area contributed by atoms with Gasteiger partial charge in [-0.25, -0.2) is 0 Å². The first-order valence-electron chi connectivity index (χ1n) is 10.1. The van der Waals surface area contributed by atoms with Gasteiger partial charge in [-0.3, -0.25) is 14.9 Å². The second-order valence-electron chi connectivity index (χ2n) is 7.67. The molecule has 4 rings (SSSR count). The van der Waals surface area contributed by atoms with Crippen molar-refractivity contribution < 1.29 is 14.5 Å². The summed E-state index contributed by atoms with van der Waals surface area (Å²) in [7, 11) is 0. The third-order valence-corrected chi connectivity index (χ3v) is 5.78. The van der Waals surface area contributed by atoms with Crippen molar-refractivity contribution in [2.45, 2.75) is 25.0 Å². The summed E-state index contributed by atoms with van der Waals surface area (Å²) in [5.41, 5.74) is 2.45. The summed E-state index contributed by atoms with van der Waals surface area (Å²) >= 11 is 0. The third-order valence-electron chi connectivity index (χ3n) is 5.78. The van der Waals surface area contributed by atoms with Gasteiger partial charge in [0.25, 0.3) is 0 Å². The fourth-order valence-electron chi connectivity index (χ4n) is 4.41. The van der Waals surface area contributed by atoms with Crippen LogP contribution < -0.4 is 0 Å². The Morgan fingerprint density at radius 2 is 1.73 bits per heavy atom. The minimum absolute atomic E-state index is 0.138. The van der Waals surface area contributed by atoms with Crippen LogP contribution in [0.15, 0.2) is 84.4 Å². The van der Waals surface area contributed by atoms with Crippen molar-refractivity contribution in [2.75, 3.05) is 6.61 Å². The Hall–Kier alpha value is -3.31. The molecule has 5 heteroatoms. The van der Waals surface area contributed by atoms with E-state index in [9.17, 15) is 14.9 Å². The molecule has 0 radical (unpaired) electrons. The Morgan fingerprint density at radius 1 is 1.00 bits per heavy atom. The molecule has 0 amide bonds. The van der Waals surface area contributed by atoms with Crippen LogP contribution in [-0.2, 0) is 16.1 Å². The summed E-state index contributed by atoms with van der Waals surface area (Å²) in [4.78, 5) is 23.2. The molecule has 0 unspecified atom stereocenters. The Morgan fingerprint density at radius 3 is 2.50 bits per heavy atom. The van der Waals surface area contributed by atoms with E-state index in [0.29, 0.717) is 18.8 Å². The predicted molar refractivity (Wildman–Crippen MR) is 116 cm³/mol. The molecule has 0 fully saturated rings. The summed E-state index contributed by atoms with van der Waals surface area (Å²) in [6.45, 7) is 0.734. The van der Waals surface area contributed by atoms with E-state index in [1.165, 1.54) is 0 Å². The zero-order valence-electron chi connectivity index (χ0n) is 16.5. The van der Waals surface area contributed by atoms with E-state index in [4.69, 9.17) is 4.74 Å². The molecule has 3 aromatic carbocycles. The molecular formula is C25H23NO4. The Balaban J connectivity index is 1.69. The van der Waals surface area contributed by atoms with E-state index in [0.717, 1.165) is 28.2 Å². The smallest absolute Gasteiger partial charge is 0.224 e. The third kappa shape index (κ3) is 4.16. The number of carbonyl (C=O) groups excluding carboxylic acids is 1. The van der Waals surface area contributed by atoms with Crippen LogP contribution in [0.2, 0.25) is 0 Å². The minimum atomic E-state index is -0.869. The molecule has 1 aliphatic carbocycles. The van der Waals surface area contributed by atoms with Gasteiger partial charge in [-0.1, -0.05) is 78.9 Å². The maximum absolute atomic E-state index is 12.0. The van der Waals surface area contributed by atoms with Crippen molar-refractivity contribution in [1.82, 2.24) is 0 Å². The number of nitrogens with zero attached hydrogens (tertiary/aromatic N) is 1. The number of rotatable bonds is 7. The maximum atomic E-state index is 12.0. The number of benzene rings is 3. The van der Waals surface area contributed by atoms with Gasteiger partial charge in [-0.05, 0) is 27.5 Å². The molecule has 5 nitrogen and oxygen atoms in total. The van der Waals surface area contributed by atoms with Crippen LogP contribution in [0.5, 0.6) is 0 Å². The summed E-state index contributed by atoms with van der Waals surface area (Å²) in [5, 5.41) is 14.1. The number of hydrogen-bond donors (Lipinski definition) is 0. The average Bonchev–Trinajstić information content (AvgIpc) is 2.79. The molecule has 30 heavy (non-hydrogen) atoms. The topological polar surface area (TPSA) is 69.4 Å². The number of hydrogen-bond acceptors (Lipinski definition) is 4. The molecule has 0 spiro atoms. The molecule has 0 saturated heterocycles. The maximum Gasteiger partial charge on any atom is 0.224 e. The van der Waals surface area contributed by atoms with Crippen LogP contribution in [0.3, 0.4) is 0 Å². The van der Waals surface area contributed by atoms with Gasteiger partial charge in [0, 0.05) is 17.3 Å². The van der Waals surface area contributed by atoms with Crippen LogP contribution in [0.25, 0.3) is 10.8 Å². The molecule has 0 aliphatic heterocycles. The Bertz CT molecular complexity index is 1070. The van der Waals surface area contributed by atoms with Gasteiger partial charge in [-0.2, -0.15) is 0 Å². The van der Waals surface area contributed by atoms with Crippen LogP contribution in [-0.4, -0.2) is 23.9 Å². The average molecular weight is 401 g/mol. The van der Waals surface area contributed by atoms with E-state index in [2.05, 4.69) is 0 Å². The van der Waals surface area contributed by atoms with Crippen LogP contribution in [0.1, 0.15) is 23.5 Å². The molecule has 0 N–H and O–H groups in total. The number of aldehydes is 1. The highest BCUT2D eigenvalue weighted by Crippen LogP contribution is 2.41. The van der Waals surface area contributed by atoms with Crippen molar-refractivity contribution in [1.29, 1.82) is 0 Å². The van der Waals surface area contributed by atoms with E-state index in [-0.39, 0.29) is 23.2 Å². The molecule has 0 aromatic heterocycles. The number of ether oxygens (including phenoxy) is 1. The zero-order valence-corrected chi connectivity index (χ0v) is 16.5. The Kier molecular flexibility index (Phi) is 6.00. The van der Waals surface area contributed by atoms with Gasteiger partial charge in [0.1, 0.15) is 6.29 Å². The van der Waals surface area contributed by atoms with Crippen molar-refractivity contribution in [2.24, 2.45) is 5.92 Å². The first kappa shape index (κ1) is 20.0. The molecule has 3 aromatic rings. The summed E-state index contributed by atoms with van der Waals surface area (Å²) in [6.07, 6.45) is 2.74. The second kappa shape index (κ2) is 9.01. The number of carbonyl (C=O) groups is 1. The van der Waals surface area contributed by atoms with Crippen LogP contribution in [0.4, 0.5) is 0 Å². The van der Waals surface area contributed by atoms with Gasteiger partial charge < -0.3 is 4.74 Å². The van der Waals surface area contributed by atoms with E-state index in [1.54, 1.807) is 0 Å². The lowest BCUT2D eigenvalue weighted by atomic mass is 9.73. The largest absolute Gasteiger partial charge is 0.376 e. The van der Waals surface area contributed by atoms with Gasteiger partial charge in [0.15, 0.2) is 0 Å². The fraction of sp³-hybridized carbons (Fsp3) is 0.240. The highest BCUT2D eigenvalue weighted by Gasteiger charge is 2.42. The summed E-state index contributed by atoms with van der Waals surface area (Å²) in [5.74, 6) is -0.630. The second-order valence-corrected chi connectivity index (χ2v) is 7.67. The van der Waals surface area contributed by atoms with Gasteiger partial charge >= 0.3 is 0 Å². The first-order valence-corrected chi connectivity index (χ1v) is 10.1. The van der Waals surface area contributed by atoms with E-state index >= 15 is 0 Å². The fourth-order valence-corrected chi connectivity index (χ4v) is 4.41. The normalized spacial score (nSPS) is 21.2. The van der Waals surface area contributed by atoms with E-state index < -0.39 is 6.04 Å². The Labute approximate surface area is 175 Å². The number of nitro groups is 1. The molecule has 0 heterocycles. The minimum Gasteiger partial charge on any atom is -0.376 e. The van der Waals surface area contributed by atoms with Crippen molar-refractivity contribution in [3.63, 3.8) is 0 Å². The van der Waals surface area contributed by atoms with Gasteiger partial charge in [-0.15, -0.1) is 0 Å². The van der Waals surface area contributed by atoms with Crippen LogP contribution >= 0.6 is 0 Å². The highest BCUT2D eigenvalue weighted by molar-refractivity contribution is 5.86. The molecule has 152 valence electrons. The summed E-state index contributed by atoms with van der Waals surface area (Å²) in [6, 6.07) is 22.8. The van der Waals surface area contributed by atoms with Gasteiger partial charge in [0.05, 0.1) is 19.1 Å². The standard InChI is InChI=1S/C25H23NO4/c27-15-19-13-21(17-30-16-18-7-2-1-3-8-18)25(24(14-19)26(28)29)23-12-6-10-20-9-4-5-11-22(20)23/h1-13,15,21,24-25H,14,16-17H2/t21-,24+,25+/m1/s1. The van der Waals surface area contributed by atoms with Gasteiger partial charge in [0.2, 0.25) is 6.04 Å². The first-order chi connectivity index (χ1) is 14.7. The lowest BCUT2D eigenvalue weighted by Crippen LogP contribution is -2.37. The lowest BCUT2D eigenvalue weighted by molar-refractivity contribution is -0.528. The van der Waals surface area contributed by atoms with E-state index in [1.807, 2.05) is 78.9 Å². The quantitative estimate of drug-likeness (QED) is 0.320. The van der Waals surface area contributed by atoms with Crippen LogP contribution in [0, 0.1) is 16.0 Å². The van der Waals surface area contributed by atoms with Crippen molar-refractivity contribution in [3.05, 3.63) is 106 Å². The molecule has 0 saturated carbocycles. The summed E-state index contributed by atoms with van der Waals surface area (Å²) < 4.78 is 5.96. The van der Waals surface area contributed by atoms with Crippen molar-refractivity contribution >= 4 is 17.1 Å². The predicted octanol–water partition coefficient (Wildman–Crippen LogP) is 4.93. The SMILES string of the molecule is O=CC1=C[C@H](COCc2ccccc2)[C@@H](c2cccc3ccccc23)[C@@H]([N+](=O)[O-])C1. The zero-order chi connectivity index (χ0) is 20.9. The highest BCUT2D eigenvalue weighted by atomic mass is 16.6. The number of fused-ring (bicyclic) bond motifs is 1. The monoisotopic (exact) mass is 401 g/mol.